The molecule has 0 atom stereocenters. The number of thiazole rings is 1. The molecule has 6 heteroatoms. The van der Waals surface area contributed by atoms with Crippen molar-refractivity contribution in [3.05, 3.63) is 23.8 Å². The lowest BCUT2D eigenvalue weighted by atomic mass is 10.4. The Kier molecular flexibility index (Phi) is 1.69. The molecule has 3 N–H and O–H groups in total. The summed E-state index contributed by atoms with van der Waals surface area (Å²) in [6.45, 7) is 0. The molecule has 0 saturated carbocycles. The van der Waals surface area contributed by atoms with Crippen LogP contribution < -0.4 is 5.73 Å². The number of nitrogens with one attached hydrogen (secondary N) is 1. The monoisotopic (exact) mass is 217 g/mol. The molecular weight excluding hydrogens is 210 g/mol. The number of fused-ring (bicyclic) bond motifs is 1. The maximum Gasteiger partial charge on any atom is 0.180 e. The quantitative estimate of drug-likeness (QED) is 0.649. The second-order valence-electron chi connectivity index (χ2n) is 3.06. The fraction of sp³-hybridized carbons (Fsp3) is 0. The highest BCUT2D eigenvalue weighted by molar-refractivity contribution is 7.13. The van der Waals surface area contributed by atoms with Crippen LogP contribution in [0.5, 0.6) is 0 Å². The second kappa shape index (κ2) is 3.03. The Bertz CT molecular complexity index is 598. The van der Waals surface area contributed by atoms with Crippen LogP contribution in [0.2, 0.25) is 0 Å². The predicted octanol–water partition coefficient (Wildman–Crippen LogP) is 1.66. The maximum atomic E-state index is 5.58. The van der Waals surface area contributed by atoms with Gasteiger partial charge in [0, 0.05) is 6.20 Å². The van der Waals surface area contributed by atoms with Gasteiger partial charge in [0.2, 0.25) is 0 Å². The molecule has 0 radical (unpaired) electrons. The number of imidazole rings is 1. The lowest BCUT2D eigenvalue weighted by Gasteiger charge is -1.88. The molecule has 0 unspecified atom stereocenters. The lowest BCUT2D eigenvalue weighted by molar-refractivity contribution is 1.31. The van der Waals surface area contributed by atoms with Gasteiger partial charge in [-0.2, -0.15) is 0 Å². The zero-order valence-corrected chi connectivity index (χ0v) is 8.45. The largest absolute Gasteiger partial charge is 0.384 e. The first-order valence-electron chi connectivity index (χ1n) is 4.34. The number of nitrogens with zero attached hydrogens (tertiary/aromatic N) is 3. The van der Waals surface area contributed by atoms with E-state index in [2.05, 4.69) is 19.9 Å². The minimum absolute atomic E-state index is 0.477. The molecular formula is C9H7N5S. The van der Waals surface area contributed by atoms with Crippen LogP contribution in [0, 0.1) is 0 Å². The van der Waals surface area contributed by atoms with Gasteiger partial charge in [-0.1, -0.05) is 0 Å². The summed E-state index contributed by atoms with van der Waals surface area (Å²) < 4.78 is 0. The number of anilines is 1. The smallest absolute Gasteiger partial charge is 0.180 e. The van der Waals surface area contributed by atoms with Gasteiger partial charge in [0.25, 0.3) is 0 Å². The van der Waals surface area contributed by atoms with E-state index in [1.807, 2.05) is 6.07 Å². The van der Waals surface area contributed by atoms with Gasteiger partial charge in [-0.05, 0) is 12.1 Å². The topological polar surface area (TPSA) is 80.5 Å². The number of aromatic nitrogens is 4. The normalized spacial score (nSPS) is 10.9. The number of H-pyrrole nitrogens is 1. The van der Waals surface area contributed by atoms with Crippen LogP contribution in [0.3, 0.4) is 0 Å². The number of aromatic amines is 1. The highest BCUT2D eigenvalue weighted by atomic mass is 32.1. The predicted molar refractivity (Wildman–Crippen MR) is 59.4 cm³/mol. The van der Waals surface area contributed by atoms with Crippen molar-refractivity contribution in [3.63, 3.8) is 0 Å². The molecule has 3 aromatic rings. The van der Waals surface area contributed by atoms with Crippen LogP contribution >= 0.6 is 11.3 Å². The molecule has 0 amide bonds. The number of rotatable bonds is 1. The van der Waals surface area contributed by atoms with Crippen molar-refractivity contribution in [1.82, 2.24) is 19.9 Å². The van der Waals surface area contributed by atoms with Crippen LogP contribution in [-0.2, 0) is 0 Å². The fourth-order valence-corrected chi connectivity index (χ4v) is 1.92. The Morgan fingerprint density at radius 1 is 1.27 bits per heavy atom. The standard InChI is InChI=1S/C9H7N5S/c10-7-2-1-5-8(13-7)14-9(12-5)6-3-11-4-15-6/h1-4H,(H3,10,12,13,14). The van der Waals surface area contributed by atoms with Crippen LogP contribution in [-0.4, -0.2) is 19.9 Å². The van der Waals surface area contributed by atoms with E-state index in [9.17, 15) is 0 Å². The number of pyridine rings is 1. The summed E-state index contributed by atoms with van der Waals surface area (Å²) in [5.74, 6) is 1.26. The molecule has 0 aliphatic heterocycles. The Morgan fingerprint density at radius 3 is 3.00 bits per heavy atom. The van der Waals surface area contributed by atoms with Crippen molar-refractivity contribution < 1.29 is 0 Å². The molecule has 15 heavy (non-hydrogen) atoms. The van der Waals surface area contributed by atoms with Gasteiger partial charge >= 0.3 is 0 Å². The molecule has 0 saturated heterocycles. The number of hydrogen-bond acceptors (Lipinski definition) is 5. The zero-order valence-electron chi connectivity index (χ0n) is 7.64. The highest BCUT2D eigenvalue weighted by Gasteiger charge is 2.07. The molecule has 0 aliphatic carbocycles. The summed E-state index contributed by atoms with van der Waals surface area (Å²) in [5.41, 5.74) is 8.86. The molecule has 5 nitrogen and oxygen atoms in total. The van der Waals surface area contributed by atoms with E-state index in [1.54, 1.807) is 17.8 Å². The van der Waals surface area contributed by atoms with Crippen LogP contribution in [0.15, 0.2) is 23.8 Å². The fourth-order valence-electron chi connectivity index (χ4n) is 1.36. The molecule has 3 heterocycles. The van der Waals surface area contributed by atoms with Gasteiger partial charge in [0.1, 0.15) is 5.82 Å². The van der Waals surface area contributed by atoms with Gasteiger partial charge in [-0.3, -0.25) is 4.98 Å². The molecule has 3 rings (SSSR count). The first-order valence-corrected chi connectivity index (χ1v) is 5.22. The van der Waals surface area contributed by atoms with Crippen molar-refractivity contribution in [3.8, 4) is 10.7 Å². The first-order chi connectivity index (χ1) is 7.33. The SMILES string of the molecule is Nc1ccc2[nH]c(-c3cncs3)nc2n1. The van der Waals surface area contributed by atoms with Gasteiger partial charge in [0.05, 0.1) is 15.9 Å². The van der Waals surface area contributed by atoms with E-state index < -0.39 is 0 Å². The van der Waals surface area contributed by atoms with Crippen molar-refractivity contribution in [1.29, 1.82) is 0 Å². The van der Waals surface area contributed by atoms with E-state index in [4.69, 9.17) is 5.73 Å². The Labute approximate surface area is 89.0 Å². The van der Waals surface area contributed by atoms with E-state index >= 15 is 0 Å². The van der Waals surface area contributed by atoms with Crippen LogP contribution in [0.25, 0.3) is 21.9 Å². The molecule has 74 valence electrons. The van der Waals surface area contributed by atoms with Crippen LogP contribution in [0.4, 0.5) is 5.82 Å². The summed E-state index contributed by atoms with van der Waals surface area (Å²) >= 11 is 1.53. The number of hydrogen-bond donors (Lipinski definition) is 2. The molecule has 0 spiro atoms. The molecule has 0 fully saturated rings. The zero-order chi connectivity index (χ0) is 10.3. The van der Waals surface area contributed by atoms with Gasteiger partial charge in [-0.25, -0.2) is 9.97 Å². The Morgan fingerprint density at radius 2 is 2.20 bits per heavy atom. The van der Waals surface area contributed by atoms with Crippen LogP contribution in [0.1, 0.15) is 0 Å². The Balaban J connectivity index is 2.22. The average Bonchev–Trinajstić information content (AvgIpc) is 2.84. The van der Waals surface area contributed by atoms with Crippen molar-refractivity contribution in [2.75, 3.05) is 5.73 Å². The van der Waals surface area contributed by atoms with E-state index in [0.717, 1.165) is 16.2 Å². The van der Waals surface area contributed by atoms with Gasteiger partial charge < -0.3 is 10.7 Å². The number of nitrogens with two attached hydrogens (primary N) is 1. The second-order valence-corrected chi connectivity index (χ2v) is 3.94. The highest BCUT2D eigenvalue weighted by Crippen LogP contribution is 2.22. The minimum atomic E-state index is 0.477. The molecule has 0 aliphatic rings. The molecule has 0 aromatic carbocycles. The van der Waals surface area contributed by atoms with E-state index in [0.29, 0.717) is 11.5 Å². The first kappa shape index (κ1) is 8.37. The van der Waals surface area contributed by atoms with Gasteiger partial charge in [-0.15, -0.1) is 11.3 Å². The summed E-state index contributed by atoms with van der Waals surface area (Å²) in [6, 6.07) is 3.62. The van der Waals surface area contributed by atoms with Gasteiger partial charge in [0.15, 0.2) is 11.5 Å². The van der Waals surface area contributed by atoms with Crippen molar-refractivity contribution in [2.45, 2.75) is 0 Å². The third-order valence-electron chi connectivity index (χ3n) is 2.03. The third-order valence-corrected chi connectivity index (χ3v) is 2.81. The molecule has 0 bridgehead atoms. The summed E-state index contributed by atoms with van der Waals surface area (Å²) in [7, 11) is 0. The average molecular weight is 217 g/mol. The summed E-state index contributed by atoms with van der Waals surface area (Å²) in [4.78, 5) is 16.6. The van der Waals surface area contributed by atoms with E-state index in [-0.39, 0.29) is 0 Å². The molecule has 3 aromatic heterocycles. The van der Waals surface area contributed by atoms with E-state index in [1.165, 1.54) is 11.3 Å². The lowest BCUT2D eigenvalue weighted by Crippen LogP contribution is -1.88. The summed E-state index contributed by atoms with van der Waals surface area (Å²) in [6.07, 6.45) is 1.77. The minimum Gasteiger partial charge on any atom is -0.384 e. The third kappa shape index (κ3) is 1.35. The number of nitrogen functional groups attached to an aromatic ring is 1. The summed E-state index contributed by atoms with van der Waals surface area (Å²) in [5, 5.41) is 0. The van der Waals surface area contributed by atoms with Crippen molar-refractivity contribution in [2.24, 2.45) is 0 Å². The Hall–Kier alpha value is -1.95. The maximum absolute atomic E-state index is 5.58. The van der Waals surface area contributed by atoms with Crippen molar-refractivity contribution >= 4 is 28.3 Å².